The Morgan fingerprint density at radius 1 is 1.33 bits per heavy atom. The highest BCUT2D eigenvalue weighted by Crippen LogP contribution is 2.39. The number of fused-ring (bicyclic) bond motifs is 3. The highest BCUT2D eigenvalue weighted by atomic mass is 16.6. The second-order valence-corrected chi connectivity index (χ2v) is 3.49. The number of amides is 1. The number of hydrogen-bond acceptors (Lipinski definition) is 3. The van der Waals surface area contributed by atoms with E-state index in [1.54, 1.807) is 11.2 Å². The molecule has 1 unspecified atom stereocenters. The maximum absolute atomic E-state index is 11.6. The van der Waals surface area contributed by atoms with Crippen LogP contribution in [0.15, 0.2) is 36.2 Å². The number of cyclic esters (lactones) is 1. The molecule has 0 saturated carbocycles. The first kappa shape index (κ1) is 8.35. The summed E-state index contributed by atoms with van der Waals surface area (Å²) in [6.07, 6.45) is 0.980. The summed E-state index contributed by atoms with van der Waals surface area (Å²) in [5, 5.41) is 0. The van der Waals surface area contributed by atoms with Crippen LogP contribution in [0.25, 0.3) is 0 Å². The topological polar surface area (TPSA) is 38.8 Å². The van der Waals surface area contributed by atoms with E-state index in [1.807, 2.05) is 31.2 Å². The zero-order valence-corrected chi connectivity index (χ0v) is 8.14. The molecule has 0 aromatic heterocycles. The van der Waals surface area contributed by atoms with Crippen molar-refractivity contribution >= 4 is 11.8 Å². The summed E-state index contributed by atoms with van der Waals surface area (Å²) in [6.45, 7) is 1.82. The predicted molar refractivity (Wildman–Crippen MR) is 53.6 cm³/mol. The van der Waals surface area contributed by atoms with Gasteiger partial charge in [0.2, 0.25) is 0 Å². The van der Waals surface area contributed by atoms with Crippen molar-refractivity contribution < 1.29 is 14.3 Å². The number of rotatable bonds is 0. The normalized spacial score (nSPS) is 22.5. The van der Waals surface area contributed by atoms with Gasteiger partial charge in [-0.1, -0.05) is 12.1 Å². The molecule has 1 saturated heterocycles. The molecule has 0 N–H and O–H groups in total. The average Bonchev–Trinajstić information content (AvgIpc) is 2.55. The van der Waals surface area contributed by atoms with E-state index in [1.165, 1.54) is 0 Å². The Labute approximate surface area is 86.7 Å². The first-order chi connectivity index (χ1) is 7.27. The Hall–Kier alpha value is -1.97. The van der Waals surface area contributed by atoms with Crippen molar-refractivity contribution in [2.45, 2.75) is 13.0 Å². The molecule has 0 aliphatic carbocycles. The molecule has 1 fully saturated rings. The number of anilines is 1. The fourth-order valence-corrected chi connectivity index (χ4v) is 1.80. The molecule has 1 aromatic rings. The molecule has 4 heteroatoms. The second-order valence-electron chi connectivity index (χ2n) is 3.49. The summed E-state index contributed by atoms with van der Waals surface area (Å²) >= 11 is 0. The van der Waals surface area contributed by atoms with Gasteiger partial charge in [0.15, 0.2) is 5.75 Å². The summed E-state index contributed by atoms with van der Waals surface area (Å²) in [7, 11) is 0. The summed E-state index contributed by atoms with van der Waals surface area (Å²) in [5.74, 6) is 0.673. The minimum absolute atomic E-state index is 0.245. The number of carbonyl (C=O) groups is 1. The largest absolute Gasteiger partial charge is 0.461 e. The van der Waals surface area contributed by atoms with Gasteiger partial charge in [-0.25, -0.2) is 9.69 Å². The number of hydrogen-bond donors (Lipinski definition) is 0. The van der Waals surface area contributed by atoms with Crippen molar-refractivity contribution in [3.05, 3.63) is 36.2 Å². The SMILES string of the molecule is CC1OC(=O)N2C1=COc1ccccc12. The molecule has 1 atom stereocenters. The van der Waals surface area contributed by atoms with Gasteiger partial charge in [-0.3, -0.25) is 0 Å². The standard InChI is InChI=1S/C11H9NO3/c1-7-9-6-14-10-5-3-2-4-8(10)12(9)11(13)15-7/h2-7H,1H3. The predicted octanol–water partition coefficient (Wildman–Crippen LogP) is 2.27. The highest BCUT2D eigenvalue weighted by molar-refractivity contribution is 5.96. The van der Waals surface area contributed by atoms with E-state index < -0.39 is 0 Å². The van der Waals surface area contributed by atoms with Gasteiger partial charge in [0, 0.05) is 0 Å². The third kappa shape index (κ3) is 1.05. The van der Waals surface area contributed by atoms with Crippen molar-refractivity contribution in [1.82, 2.24) is 0 Å². The minimum atomic E-state index is -0.343. The molecular formula is C11H9NO3. The molecule has 1 aromatic carbocycles. The summed E-state index contributed by atoms with van der Waals surface area (Å²) < 4.78 is 10.5. The van der Waals surface area contributed by atoms with Crippen molar-refractivity contribution in [2.24, 2.45) is 0 Å². The van der Waals surface area contributed by atoms with Gasteiger partial charge in [-0.05, 0) is 19.1 Å². The second kappa shape index (κ2) is 2.76. The van der Waals surface area contributed by atoms with Gasteiger partial charge < -0.3 is 9.47 Å². The quantitative estimate of drug-likeness (QED) is 0.649. The van der Waals surface area contributed by atoms with Gasteiger partial charge in [0.1, 0.15) is 18.1 Å². The maximum Gasteiger partial charge on any atom is 0.419 e. The number of ether oxygens (including phenoxy) is 2. The lowest BCUT2D eigenvalue weighted by Gasteiger charge is -2.22. The van der Waals surface area contributed by atoms with Crippen LogP contribution in [0.1, 0.15) is 6.92 Å². The Bertz CT molecular complexity index is 467. The fourth-order valence-electron chi connectivity index (χ4n) is 1.80. The van der Waals surface area contributed by atoms with Gasteiger partial charge in [0.05, 0.1) is 5.69 Å². The number of nitrogens with zero attached hydrogens (tertiary/aromatic N) is 1. The van der Waals surface area contributed by atoms with Crippen molar-refractivity contribution in [1.29, 1.82) is 0 Å². The molecule has 2 aliphatic rings. The molecule has 3 rings (SSSR count). The fraction of sp³-hybridized carbons (Fsp3) is 0.182. The lowest BCUT2D eigenvalue weighted by Crippen LogP contribution is -2.25. The van der Waals surface area contributed by atoms with Crippen LogP contribution in [0.3, 0.4) is 0 Å². The van der Waals surface area contributed by atoms with Crippen LogP contribution in [0.4, 0.5) is 10.5 Å². The van der Waals surface area contributed by atoms with Crippen LogP contribution < -0.4 is 9.64 Å². The molecule has 2 aliphatic heterocycles. The van der Waals surface area contributed by atoms with Crippen LogP contribution in [0.5, 0.6) is 5.75 Å². The molecule has 2 heterocycles. The number of carbonyl (C=O) groups excluding carboxylic acids is 1. The molecule has 1 amide bonds. The van der Waals surface area contributed by atoms with Crippen molar-refractivity contribution in [3.8, 4) is 5.75 Å². The van der Waals surface area contributed by atoms with E-state index in [9.17, 15) is 4.79 Å². The van der Waals surface area contributed by atoms with Gasteiger partial charge in [0.25, 0.3) is 0 Å². The third-order valence-corrected chi connectivity index (χ3v) is 2.55. The first-order valence-corrected chi connectivity index (χ1v) is 4.74. The van der Waals surface area contributed by atoms with Gasteiger partial charge in [-0.15, -0.1) is 0 Å². The Balaban J connectivity index is 2.16. The van der Waals surface area contributed by atoms with Crippen LogP contribution in [0.2, 0.25) is 0 Å². The third-order valence-electron chi connectivity index (χ3n) is 2.55. The summed E-state index contributed by atoms with van der Waals surface area (Å²) in [4.78, 5) is 13.1. The highest BCUT2D eigenvalue weighted by Gasteiger charge is 2.39. The molecule has 76 valence electrons. The minimum Gasteiger partial charge on any atom is -0.461 e. The van der Waals surface area contributed by atoms with Gasteiger partial charge in [-0.2, -0.15) is 0 Å². The molecule has 0 radical (unpaired) electrons. The first-order valence-electron chi connectivity index (χ1n) is 4.74. The van der Waals surface area contributed by atoms with Crippen molar-refractivity contribution in [3.63, 3.8) is 0 Å². The van der Waals surface area contributed by atoms with Crippen molar-refractivity contribution in [2.75, 3.05) is 4.90 Å². The Kier molecular flexibility index (Phi) is 1.54. The Morgan fingerprint density at radius 3 is 3.00 bits per heavy atom. The molecular weight excluding hydrogens is 194 g/mol. The van der Waals surface area contributed by atoms with Crippen LogP contribution in [-0.4, -0.2) is 12.2 Å². The Morgan fingerprint density at radius 2 is 2.13 bits per heavy atom. The monoisotopic (exact) mass is 203 g/mol. The molecule has 15 heavy (non-hydrogen) atoms. The zero-order valence-electron chi connectivity index (χ0n) is 8.14. The molecule has 4 nitrogen and oxygen atoms in total. The van der Waals surface area contributed by atoms with Crippen LogP contribution >= 0.6 is 0 Å². The summed E-state index contributed by atoms with van der Waals surface area (Å²) in [6, 6.07) is 7.38. The van der Waals surface area contributed by atoms with Crippen LogP contribution in [-0.2, 0) is 4.74 Å². The smallest absolute Gasteiger partial charge is 0.419 e. The molecule has 0 bridgehead atoms. The zero-order chi connectivity index (χ0) is 10.4. The number of para-hydroxylation sites is 2. The van der Waals surface area contributed by atoms with Gasteiger partial charge >= 0.3 is 6.09 Å². The van der Waals surface area contributed by atoms with E-state index in [2.05, 4.69) is 0 Å². The van der Waals surface area contributed by atoms with E-state index in [4.69, 9.17) is 9.47 Å². The molecule has 0 spiro atoms. The average molecular weight is 203 g/mol. The maximum atomic E-state index is 11.6. The summed E-state index contributed by atoms with van der Waals surface area (Å²) in [5.41, 5.74) is 1.49. The number of benzene rings is 1. The lowest BCUT2D eigenvalue weighted by molar-refractivity contribution is 0.154. The lowest BCUT2D eigenvalue weighted by atomic mass is 10.2. The van der Waals surface area contributed by atoms with E-state index in [0.717, 1.165) is 11.4 Å². The van der Waals surface area contributed by atoms with E-state index >= 15 is 0 Å². The van der Waals surface area contributed by atoms with E-state index in [-0.39, 0.29) is 12.2 Å². The van der Waals surface area contributed by atoms with E-state index in [0.29, 0.717) is 5.75 Å². The van der Waals surface area contributed by atoms with Crippen LogP contribution in [0, 0.1) is 0 Å².